The molecule has 0 atom stereocenters. The summed E-state index contributed by atoms with van der Waals surface area (Å²) in [4.78, 5) is 0. The minimum absolute atomic E-state index is 0.370. The van der Waals surface area contributed by atoms with Crippen molar-refractivity contribution in [2.75, 3.05) is 0 Å². The summed E-state index contributed by atoms with van der Waals surface area (Å²) in [5.74, 6) is 1.08. The standard InChI is InChI=1S/C13H20OSi/c1-11(2)15-14-12(3)9-10-13-7-5-4-6-8-13/h4-9,11H,10,15H2,1-3H3. The Balaban J connectivity index is 2.37. The molecule has 0 aliphatic carbocycles. The lowest BCUT2D eigenvalue weighted by atomic mass is 10.1. The van der Waals surface area contributed by atoms with Crippen LogP contribution < -0.4 is 0 Å². The third-order valence-corrected chi connectivity index (χ3v) is 3.40. The number of rotatable bonds is 5. The predicted molar refractivity (Wildman–Crippen MR) is 68.6 cm³/mol. The van der Waals surface area contributed by atoms with E-state index in [1.165, 1.54) is 5.56 Å². The van der Waals surface area contributed by atoms with Crippen LogP contribution in [0.5, 0.6) is 0 Å². The molecule has 0 unspecified atom stereocenters. The van der Waals surface area contributed by atoms with E-state index >= 15 is 0 Å². The van der Waals surface area contributed by atoms with Gasteiger partial charge in [-0.3, -0.25) is 0 Å². The fourth-order valence-electron chi connectivity index (χ4n) is 1.23. The zero-order valence-corrected chi connectivity index (χ0v) is 11.3. The highest BCUT2D eigenvalue weighted by atomic mass is 28.2. The third-order valence-electron chi connectivity index (χ3n) is 2.11. The summed E-state index contributed by atoms with van der Waals surface area (Å²) in [5, 5.41) is 0. The van der Waals surface area contributed by atoms with Gasteiger partial charge in [-0.1, -0.05) is 44.2 Å². The largest absolute Gasteiger partial charge is 0.552 e. The Morgan fingerprint density at radius 3 is 2.60 bits per heavy atom. The Hall–Kier alpha value is -1.02. The monoisotopic (exact) mass is 220 g/mol. The first-order valence-corrected chi connectivity index (χ1v) is 6.91. The maximum atomic E-state index is 5.73. The first-order valence-electron chi connectivity index (χ1n) is 5.52. The zero-order valence-electron chi connectivity index (χ0n) is 9.86. The summed E-state index contributed by atoms with van der Waals surface area (Å²) in [6, 6.07) is 10.5. The highest BCUT2D eigenvalue weighted by molar-refractivity contribution is 6.29. The highest BCUT2D eigenvalue weighted by Gasteiger charge is 1.96. The molecule has 15 heavy (non-hydrogen) atoms. The van der Waals surface area contributed by atoms with Crippen molar-refractivity contribution in [3.8, 4) is 0 Å². The molecule has 0 aromatic heterocycles. The minimum Gasteiger partial charge on any atom is -0.552 e. The lowest BCUT2D eigenvalue weighted by molar-refractivity contribution is 0.445. The van der Waals surface area contributed by atoms with E-state index in [2.05, 4.69) is 51.1 Å². The quantitative estimate of drug-likeness (QED) is 0.547. The molecule has 0 spiro atoms. The summed E-state index contributed by atoms with van der Waals surface area (Å²) in [7, 11) is -0.370. The molecule has 82 valence electrons. The number of hydrogen-bond donors (Lipinski definition) is 0. The van der Waals surface area contributed by atoms with Crippen LogP contribution >= 0.6 is 0 Å². The Bertz CT molecular complexity index is 304. The van der Waals surface area contributed by atoms with Gasteiger partial charge in [0, 0.05) is 0 Å². The van der Waals surface area contributed by atoms with E-state index in [-0.39, 0.29) is 9.76 Å². The lowest BCUT2D eigenvalue weighted by Crippen LogP contribution is -2.00. The normalized spacial score (nSPS) is 12.7. The Morgan fingerprint density at radius 2 is 2.00 bits per heavy atom. The molecule has 0 fully saturated rings. The number of benzene rings is 1. The van der Waals surface area contributed by atoms with Crippen LogP contribution in [0.2, 0.25) is 5.54 Å². The molecule has 0 bridgehead atoms. The first kappa shape index (κ1) is 12.0. The van der Waals surface area contributed by atoms with Crippen molar-refractivity contribution in [2.24, 2.45) is 0 Å². The van der Waals surface area contributed by atoms with E-state index < -0.39 is 0 Å². The second-order valence-corrected chi connectivity index (χ2v) is 6.46. The zero-order chi connectivity index (χ0) is 11.1. The van der Waals surface area contributed by atoms with Gasteiger partial charge in [-0.05, 0) is 30.5 Å². The number of allylic oxidation sites excluding steroid dienone is 2. The second-order valence-electron chi connectivity index (χ2n) is 4.21. The van der Waals surface area contributed by atoms with Crippen LogP contribution in [0.4, 0.5) is 0 Å². The molecule has 1 aromatic carbocycles. The fourth-order valence-corrected chi connectivity index (χ4v) is 1.95. The average Bonchev–Trinajstić information content (AvgIpc) is 2.25. The molecular weight excluding hydrogens is 200 g/mol. The topological polar surface area (TPSA) is 9.23 Å². The number of hydrogen-bond acceptors (Lipinski definition) is 1. The van der Waals surface area contributed by atoms with Gasteiger partial charge in [0.2, 0.25) is 9.76 Å². The Labute approximate surface area is 95.1 Å². The predicted octanol–water partition coefficient (Wildman–Crippen LogP) is 3.06. The van der Waals surface area contributed by atoms with Crippen molar-refractivity contribution in [1.29, 1.82) is 0 Å². The molecular formula is C13H20OSi. The van der Waals surface area contributed by atoms with Crippen molar-refractivity contribution in [3.05, 3.63) is 47.7 Å². The van der Waals surface area contributed by atoms with E-state index in [0.717, 1.165) is 17.7 Å². The van der Waals surface area contributed by atoms with E-state index in [1.807, 2.05) is 6.07 Å². The molecule has 2 heteroatoms. The van der Waals surface area contributed by atoms with E-state index in [9.17, 15) is 0 Å². The van der Waals surface area contributed by atoms with Crippen molar-refractivity contribution in [3.63, 3.8) is 0 Å². The average molecular weight is 220 g/mol. The molecule has 0 aliphatic heterocycles. The van der Waals surface area contributed by atoms with Gasteiger partial charge < -0.3 is 4.43 Å². The van der Waals surface area contributed by atoms with E-state index in [1.54, 1.807) is 0 Å². The fraction of sp³-hybridized carbons (Fsp3) is 0.385. The molecule has 0 aliphatic rings. The van der Waals surface area contributed by atoms with Gasteiger partial charge >= 0.3 is 0 Å². The minimum atomic E-state index is -0.370. The SMILES string of the molecule is CC(=CCc1ccccc1)O[SiH2]C(C)C. The maximum Gasteiger partial charge on any atom is 0.221 e. The molecule has 1 nitrogen and oxygen atoms in total. The van der Waals surface area contributed by atoms with Crippen LogP contribution in [0, 0.1) is 0 Å². The lowest BCUT2D eigenvalue weighted by Gasteiger charge is -2.08. The third kappa shape index (κ3) is 5.43. The Morgan fingerprint density at radius 1 is 1.33 bits per heavy atom. The van der Waals surface area contributed by atoms with Crippen molar-refractivity contribution in [2.45, 2.75) is 32.7 Å². The molecule has 0 amide bonds. The molecule has 1 rings (SSSR count). The molecule has 0 saturated carbocycles. The van der Waals surface area contributed by atoms with Crippen LogP contribution in [0.15, 0.2) is 42.2 Å². The molecule has 0 saturated heterocycles. The van der Waals surface area contributed by atoms with Crippen LogP contribution in [-0.2, 0) is 10.8 Å². The van der Waals surface area contributed by atoms with Gasteiger partial charge in [0.1, 0.15) is 0 Å². The maximum absolute atomic E-state index is 5.73. The molecule has 0 heterocycles. The van der Waals surface area contributed by atoms with Crippen LogP contribution in [0.3, 0.4) is 0 Å². The van der Waals surface area contributed by atoms with Crippen molar-refractivity contribution in [1.82, 2.24) is 0 Å². The van der Waals surface area contributed by atoms with E-state index in [4.69, 9.17) is 4.43 Å². The van der Waals surface area contributed by atoms with E-state index in [0.29, 0.717) is 0 Å². The van der Waals surface area contributed by atoms with Gasteiger partial charge in [-0.2, -0.15) is 0 Å². The van der Waals surface area contributed by atoms with Crippen molar-refractivity contribution < 1.29 is 4.43 Å². The molecule has 1 aromatic rings. The first-order chi connectivity index (χ1) is 7.18. The summed E-state index contributed by atoms with van der Waals surface area (Å²) in [6.07, 6.45) is 3.14. The summed E-state index contributed by atoms with van der Waals surface area (Å²) < 4.78 is 5.73. The highest BCUT2D eigenvalue weighted by Crippen LogP contribution is 2.06. The molecule has 0 radical (unpaired) electrons. The van der Waals surface area contributed by atoms with Crippen LogP contribution in [-0.4, -0.2) is 9.76 Å². The van der Waals surface area contributed by atoms with Gasteiger partial charge in [-0.25, -0.2) is 0 Å². The summed E-state index contributed by atoms with van der Waals surface area (Å²) in [5.41, 5.74) is 2.07. The Kier molecular flexibility index (Phi) is 5.19. The second kappa shape index (κ2) is 6.46. The van der Waals surface area contributed by atoms with Crippen LogP contribution in [0.25, 0.3) is 0 Å². The smallest absolute Gasteiger partial charge is 0.221 e. The van der Waals surface area contributed by atoms with Gasteiger partial charge in [-0.15, -0.1) is 0 Å². The van der Waals surface area contributed by atoms with Gasteiger partial charge in [0.15, 0.2) is 0 Å². The summed E-state index contributed by atoms with van der Waals surface area (Å²) >= 11 is 0. The van der Waals surface area contributed by atoms with Crippen molar-refractivity contribution >= 4 is 9.76 Å². The van der Waals surface area contributed by atoms with Gasteiger partial charge in [0.25, 0.3) is 0 Å². The summed E-state index contributed by atoms with van der Waals surface area (Å²) in [6.45, 7) is 6.49. The van der Waals surface area contributed by atoms with Crippen LogP contribution in [0.1, 0.15) is 26.3 Å². The van der Waals surface area contributed by atoms with Gasteiger partial charge in [0.05, 0.1) is 5.76 Å². The molecule has 0 N–H and O–H groups in total.